The maximum atomic E-state index is 11.5. The van der Waals surface area contributed by atoms with Crippen molar-refractivity contribution < 1.29 is 4.79 Å². The Hall–Kier alpha value is -1.46. The number of nitrogens with zero attached hydrogens (tertiary/aromatic N) is 1. The lowest BCUT2D eigenvalue weighted by molar-refractivity contribution is -0.116. The van der Waals surface area contributed by atoms with Crippen LogP contribution in [0.1, 0.15) is 76.8 Å². The Bertz CT molecular complexity index is 856. The molecule has 1 heterocycles. The molecule has 0 saturated heterocycles. The third-order valence-electron chi connectivity index (χ3n) is 5.91. The van der Waals surface area contributed by atoms with Gasteiger partial charge in [-0.25, -0.2) is 0 Å². The third-order valence-corrected chi connectivity index (χ3v) is 7.82. The van der Waals surface area contributed by atoms with Gasteiger partial charge < -0.3 is 10.2 Å². The monoisotopic (exact) mass is 562 g/mol. The molecule has 1 unspecified atom stereocenters. The minimum Gasteiger partial charge on any atom is -0.378 e. The number of benzene rings is 2. The van der Waals surface area contributed by atoms with E-state index < -0.39 is 0 Å². The lowest BCUT2D eigenvalue weighted by atomic mass is 9.96. The van der Waals surface area contributed by atoms with E-state index in [-0.39, 0.29) is 5.91 Å². The molecule has 196 valence electrons. The van der Waals surface area contributed by atoms with Crippen molar-refractivity contribution in [1.29, 1.82) is 0 Å². The number of hydrogen-bond acceptors (Lipinski definition) is 3. The van der Waals surface area contributed by atoms with Crippen molar-refractivity contribution >= 4 is 45.0 Å². The van der Waals surface area contributed by atoms with Crippen molar-refractivity contribution in [3.63, 3.8) is 0 Å². The van der Waals surface area contributed by atoms with Crippen molar-refractivity contribution in [3.8, 4) is 0 Å². The summed E-state index contributed by atoms with van der Waals surface area (Å²) in [7, 11) is 4.24. The van der Waals surface area contributed by atoms with E-state index in [2.05, 4.69) is 77.1 Å². The molecule has 0 bridgehead atoms. The topological polar surface area (TPSA) is 32.3 Å². The molecule has 0 aromatic heterocycles. The molecule has 1 aliphatic heterocycles. The second-order valence-electron chi connectivity index (χ2n) is 9.11. The zero-order valence-corrected chi connectivity index (χ0v) is 25.2. The summed E-state index contributed by atoms with van der Waals surface area (Å²) < 4.78 is 0. The highest BCUT2D eigenvalue weighted by Gasteiger charge is 2.16. The molecule has 2 aromatic rings. The van der Waals surface area contributed by atoms with Crippen LogP contribution in [0.3, 0.4) is 0 Å². The minimum atomic E-state index is 0.0987. The number of fused-ring (bicyclic) bond motifs is 1. The quantitative estimate of drug-likeness (QED) is 0.244. The Morgan fingerprint density at radius 2 is 1.89 bits per heavy atom. The molecule has 1 atom stereocenters. The molecule has 3 rings (SSSR count). The van der Waals surface area contributed by atoms with Crippen LogP contribution in [-0.4, -0.2) is 31.1 Å². The predicted molar refractivity (Wildman–Crippen MR) is 162 cm³/mol. The highest BCUT2D eigenvalue weighted by atomic mass is 79.9. The van der Waals surface area contributed by atoms with Crippen LogP contribution in [0.4, 0.5) is 11.4 Å². The number of alkyl halides is 1. The highest BCUT2D eigenvalue weighted by molar-refractivity contribution is 9.09. The van der Waals surface area contributed by atoms with Crippen LogP contribution in [0.5, 0.6) is 0 Å². The van der Waals surface area contributed by atoms with Crippen LogP contribution >= 0.6 is 27.7 Å². The van der Waals surface area contributed by atoms with Gasteiger partial charge in [-0.3, -0.25) is 4.79 Å². The highest BCUT2D eigenvalue weighted by Crippen LogP contribution is 2.35. The van der Waals surface area contributed by atoms with Gasteiger partial charge in [0.15, 0.2) is 0 Å². The molecule has 0 spiro atoms. The van der Waals surface area contributed by atoms with Crippen LogP contribution in [0, 0.1) is 12.8 Å². The number of nitrogens with one attached hydrogen (secondary N) is 1. The number of carbonyl (C=O) groups is 1. The van der Waals surface area contributed by atoms with Gasteiger partial charge in [-0.1, -0.05) is 61.7 Å². The fraction of sp³-hybridized carbons (Fsp3) is 0.567. The average Bonchev–Trinajstić information content (AvgIpc) is 3.06. The second kappa shape index (κ2) is 18.8. The standard InChI is InChI=1S/C16H25NS.C12H16BrNO.C2H6/c1-4-5-6-13-7-8-14-11-15(17(2)3)9-10-16(14)18-12-13;1-10-5-4-6-11(9-10)14-12(15)7-2-3-8-13;1-2/h9-11,13H,4-8,12H2,1-3H3;4-6,9H,2-3,7-8H2,1H3,(H,14,15);1-2H3. The first-order chi connectivity index (χ1) is 16.9. The largest absolute Gasteiger partial charge is 0.378 e. The first kappa shape index (κ1) is 31.6. The number of unbranched alkanes of at least 4 members (excludes halogenated alkanes) is 2. The first-order valence-corrected chi connectivity index (χ1v) is 15.4. The van der Waals surface area contributed by atoms with Gasteiger partial charge in [0.25, 0.3) is 0 Å². The molecule has 1 N–H and O–H groups in total. The van der Waals surface area contributed by atoms with Crippen LogP contribution in [0.25, 0.3) is 0 Å². The summed E-state index contributed by atoms with van der Waals surface area (Å²) in [5.74, 6) is 2.33. The Balaban J connectivity index is 0.000000332. The number of amides is 1. The maximum Gasteiger partial charge on any atom is 0.224 e. The lowest BCUT2D eigenvalue weighted by Gasteiger charge is -2.15. The van der Waals surface area contributed by atoms with Gasteiger partial charge in [0.2, 0.25) is 5.91 Å². The molecular weight excluding hydrogens is 516 g/mol. The van der Waals surface area contributed by atoms with Gasteiger partial charge in [0, 0.05) is 47.9 Å². The van der Waals surface area contributed by atoms with E-state index in [4.69, 9.17) is 0 Å². The van der Waals surface area contributed by atoms with E-state index in [9.17, 15) is 4.79 Å². The molecule has 0 aliphatic carbocycles. The zero-order chi connectivity index (χ0) is 26.1. The fourth-order valence-corrected chi connectivity index (χ4v) is 5.53. The molecule has 0 saturated carbocycles. The molecule has 0 fully saturated rings. The number of rotatable bonds is 9. The number of halogens is 1. The van der Waals surface area contributed by atoms with Crippen molar-refractivity contribution in [2.45, 2.75) is 84.0 Å². The van der Waals surface area contributed by atoms with Crippen LogP contribution in [0.15, 0.2) is 47.4 Å². The smallest absolute Gasteiger partial charge is 0.224 e. The van der Waals surface area contributed by atoms with E-state index in [0.29, 0.717) is 6.42 Å². The van der Waals surface area contributed by atoms with Crippen molar-refractivity contribution in [1.82, 2.24) is 0 Å². The molecule has 5 heteroatoms. The Labute approximate surface area is 228 Å². The van der Waals surface area contributed by atoms with Gasteiger partial charge in [-0.15, -0.1) is 11.8 Å². The summed E-state index contributed by atoms with van der Waals surface area (Å²) in [6, 6.07) is 14.8. The normalized spacial score (nSPS) is 14.3. The van der Waals surface area contributed by atoms with Crippen molar-refractivity contribution in [2.24, 2.45) is 5.92 Å². The Morgan fingerprint density at radius 3 is 2.54 bits per heavy atom. The number of hydrogen-bond donors (Lipinski definition) is 1. The van der Waals surface area contributed by atoms with Gasteiger partial charge in [0.1, 0.15) is 0 Å². The average molecular weight is 564 g/mol. The molecule has 1 aliphatic rings. The Kier molecular flexibility index (Phi) is 16.9. The molecule has 3 nitrogen and oxygen atoms in total. The molecule has 2 aromatic carbocycles. The fourth-order valence-electron chi connectivity index (χ4n) is 3.88. The van der Waals surface area contributed by atoms with Crippen LogP contribution < -0.4 is 10.2 Å². The minimum absolute atomic E-state index is 0.0987. The van der Waals surface area contributed by atoms with Gasteiger partial charge >= 0.3 is 0 Å². The summed E-state index contributed by atoms with van der Waals surface area (Å²) in [5, 5.41) is 3.85. The zero-order valence-electron chi connectivity index (χ0n) is 22.8. The molecule has 0 radical (unpaired) electrons. The third kappa shape index (κ3) is 12.9. The number of thioether (sulfide) groups is 1. The number of anilines is 2. The molecule has 35 heavy (non-hydrogen) atoms. The summed E-state index contributed by atoms with van der Waals surface area (Å²) in [6.07, 6.45) is 9.35. The number of aryl methyl sites for hydroxylation is 2. The predicted octanol–water partition coefficient (Wildman–Crippen LogP) is 9.12. The van der Waals surface area contributed by atoms with Crippen LogP contribution in [-0.2, 0) is 11.2 Å². The van der Waals surface area contributed by atoms with Gasteiger partial charge in [-0.05, 0) is 86.4 Å². The lowest BCUT2D eigenvalue weighted by Crippen LogP contribution is -2.11. The van der Waals surface area contributed by atoms with Crippen molar-refractivity contribution in [2.75, 3.05) is 35.4 Å². The van der Waals surface area contributed by atoms with E-state index in [1.165, 1.54) is 48.4 Å². The molecular formula is C30H47BrN2OS. The van der Waals surface area contributed by atoms with Gasteiger partial charge in [0.05, 0.1) is 0 Å². The summed E-state index contributed by atoms with van der Waals surface area (Å²) in [5.41, 5.74) is 4.94. The SMILES string of the molecule is CC.CCCCC1CCc2cc(N(C)C)ccc2SC1.Cc1cccc(NC(=O)CCCCBr)c1. The molecule has 1 amide bonds. The van der Waals surface area contributed by atoms with Crippen LogP contribution in [0.2, 0.25) is 0 Å². The summed E-state index contributed by atoms with van der Waals surface area (Å²) in [4.78, 5) is 15.2. The second-order valence-corrected chi connectivity index (χ2v) is 11.0. The van der Waals surface area contributed by atoms with E-state index in [1.807, 2.05) is 45.0 Å². The Morgan fingerprint density at radius 1 is 1.11 bits per heavy atom. The maximum absolute atomic E-state index is 11.5. The number of carbonyl (C=O) groups excluding carboxylic acids is 1. The van der Waals surface area contributed by atoms with E-state index >= 15 is 0 Å². The van der Waals surface area contributed by atoms with E-state index in [0.717, 1.165) is 35.3 Å². The summed E-state index contributed by atoms with van der Waals surface area (Å²) >= 11 is 5.41. The van der Waals surface area contributed by atoms with Crippen molar-refractivity contribution in [3.05, 3.63) is 53.6 Å². The van der Waals surface area contributed by atoms with E-state index in [1.54, 1.807) is 5.56 Å². The van der Waals surface area contributed by atoms with Gasteiger partial charge in [-0.2, -0.15) is 0 Å². The first-order valence-electron chi connectivity index (χ1n) is 13.3. The summed E-state index contributed by atoms with van der Waals surface area (Å²) in [6.45, 7) is 8.31.